The second-order valence-electron chi connectivity index (χ2n) is 6.71. The van der Waals surface area contributed by atoms with Crippen LogP contribution >= 0.6 is 0 Å². The third-order valence-electron chi connectivity index (χ3n) is 5.18. The van der Waals surface area contributed by atoms with Crippen LogP contribution in [0.4, 0.5) is 4.79 Å². The molecule has 8 nitrogen and oxygen atoms in total. The van der Waals surface area contributed by atoms with Crippen molar-refractivity contribution in [3.63, 3.8) is 0 Å². The molecule has 1 N–H and O–H groups in total. The number of piperidine rings is 1. The van der Waals surface area contributed by atoms with Crippen molar-refractivity contribution < 1.29 is 4.79 Å². The minimum atomic E-state index is -0.00533. The Balaban J connectivity index is 1.61. The van der Waals surface area contributed by atoms with E-state index in [2.05, 4.69) is 27.4 Å². The first kappa shape index (κ1) is 17.4. The number of aromatic nitrogens is 5. The highest BCUT2D eigenvalue weighted by Crippen LogP contribution is 2.25. The molecule has 3 rings (SSSR count). The van der Waals surface area contributed by atoms with Crippen molar-refractivity contribution in [2.75, 3.05) is 13.1 Å². The average Bonchev–Trinajstić information content (AvgIpc) is 3.22. The van der Waals surface area contributed by atoms with E-state index in [1.807, 2.05) is 35.2 Å². The van der Waals surface area contributed by atoms with Crippen LogP contribution in [0.1, 0.15) is 55.2 Å². The molecule has 3 heterocycles. The standard InChI is InChI=1S/C17H27N7O/c1-5-15(16-12(2)21-22(4)13(16)3)20-17(25)23-8-6-14(7-9-23)24-11-18-10-19-24/h10-11,14-15H,5-9H2,1-4H3,(H,20,25)/t15-/m0/s1. The van der Waals surface area contributed by atoms with Gasteiger partial charge < -0.3 is 10.2 Å². The summed E-state index contributed by atoms with van der Waals surface area (Å²) < 4.78 is 3.77. The van der Waals surface area contributed by atoms with Crippen LogP contribution in [0, 0.1) is 13.8 Å². The first-order chi connectivity index (χ1) is 12.0. The summed E-state index contributed by atoms with van der Waals surface area (Å²) in [7, 11) is 1.94. The van der Waals surface area contributed by atoms with Gasteiger partial charge in [-0.1, -0.05) is 6.92 Å². The maximum atomic E-state index is 12.7. The third kappa shape index (κ3) is 3.52. The topological polar surface area (TPSA) is 80.9 Å². The van der Waals surface area contributed by atoms with Crippen molar-refractivity contribution in [3.05, 3.63) is 29.6 Å². The van der Waals surface area contributed by atoms with Crippen LogP contribution in [0.25, 0.3) is 0 Å². The molecule has 1 aliphatic heterocycles. The van der Waals surface area contributed by atoms with Crippen molar-refractivity contribution in [2.45, 2.75) is 52.1 Å². The van der Waals surface area contributed by atoms with Gasteiger partial charge in [0.2, 0.25) is 0 Å². The van der Waals surface area contributed by atoms with E-state index in [4.69, 9.17) is 0 Å². The number of hydrogen-bond acceptors (Lipinski definition) is 4. The Labute approximate surface area is 148 Å². The van der Waals surface area contributed by atoms with E-state index in [1.54, 1.807) is 12.7 Å². The quantitative estimate of drug-likeness (QED) is 0.920. The second kappa shape index (κ2) is 7.25. The lowest BCUT2D eigenvalue weighted by atomic mass is 10.0. The van der Waals surface area contributed by atoms with E-state index < -0.39 is 0 Å². The fourth-order valence-corrected chi connectivity index (χ4v) is 3.65. The normalized spacial score (nSPS) is 16.9. The molecule has 25 heavy (non-hydrogen) atoms. The Morgan fingerprint density at radius 2 is 2.08 bits per heavy atom. The van der Waals surface area contributed by atoms with Crippen molar-refractivity contribution in [1.82, 2.24) is 34.8 Å². The van der Waals surface area contributed by atoms with Gasteiger partial charge in [-0.3, -0.25) is 4.68 Å². The third-order valence-corrected chi connectivity index (χ3v) is 5.18. The molecule has 0 aliphatic carbocycles. The predicted molar refractivity (Wildman–Crippen MR) is 94.1 cm³/mol. The Morgan fingerprint density at radius 3 is 2.60 bits per heavy atom. The Morgan fingerprint density at radius 1 is 1.36 bits per heavy atom. The van der Waals surface area contributed by atoms with Crippen molar-refractivity contribution in [1.29, 1.82) is 0 Å². The second-order valence-corrected chi connectivity index (χ2v) is 6.71. The number of hydrogen-bond donors (Lipinski definition) is 1. The number of urea groups is 1. The van der Waals surface area contributed by atoms with Crippen LogP contribution in [0.5, 0.6) is 0 Å². The van der Waals surface area contributed by atoms with Gasteiger partial charge in [0, 0.05) is 31.4 Å². The molecule has 0 saturated carbocycles. The van der Waals surface area contributed by atoms with Crippen LogP contribution < -0.4 is 5.32 Å². The van der Waals surface area contributed by atoms with E-state index in [0.717, 1.165) is 49.3 Å². The number of nitrogens with zero attached hydrogens (tertiary/aromatic N) is 6. The molecule has 2 aromatic rings. The summed E-state index contributed by atoms with van der Waals surface area (Å²) in [4.78, 5) is 18.6. The van der Waals surface area contributed by atoms with Gasteiger partial charge in [-0.05, 0) is 33.1 Å². The van der Waals surface area contributed by atoms with Crippen molar-refractivity contribution >= 4 is 6.03 Å². The lowest BCUT2D eigenvalue weighted by molar-refractivity contribution is 0.165. The molecule has 136 valence electrons. The number of carbonyl (C=O) groups excluding carboxylic acids is 1. The fourth-order valence-electron chi connectivity index (χ4n) is 3.65. The first-order valence-corrected chi connectivity index (χ1v) is 8.90. The highest BCUT2D eigenvalue weighted by molar-refractivity contribution is 5.75. The van der Waals surface area contributed by atoms with Crippen LogP contribution in [0.15, 0.2) is 12.7 Å². The molecule has 0 unspecified atom stereocenters. The fraction of sp³-hybridized carbons (Fsp3) is 0.647. The van der Waals surface area contributed by atoms with Gasteiger partial charge in [-0.15, -0.1) is 0 Å². The smallest absolute Gasteiger partial charge is 0.317 e. The summed E-state index contributed by atoms with van der Waals surface area (Å²) in [6.07, 6.45) is 5.95. The maximum absolute atomic E-state index is 12.7. The summed E-state index contributed by atoms with van der Waals surface area (Å²) in [5, 5.41) is 11.9. The maximum Gasteiger partial charge on any atom is 0.317 e. The lowest BCUT2D eigenvalue weighted by Crippen LogP contribution is -2.46. The van der Waals surface area contributed by atoms with E-state index in [-0.39, 0.29) is 12.1 Å². The Bertz CT molecular complexity index is 714. The van der Waals surface area contributed by atoms with Gasteiger partial charge in [0.1, 0.15) is 12.7 Å². The molecule has 2 aromatic heterocycles. The van der Waals surface area contributed by atoms with Gasteiger partial charge in [0.05, 0.1) is 17.8 Å². The highest BCUT2D eigenvalue weighted by atomic mass is 16.2. The molecule has 0 radical (unpaired) electrons. The molecule has 0 aromatic carbocycles. The van der Waals surface area contributed by atoms with E-state index in [9.17, 15) is 4.79 Å². The van der Waals surface area contributed by atoms with Crippen LogP contribution in [0.3, 0.4) is 0 Å². The number of aryl methyl sites for hydroxylation is 2. The Kier molecular flexibility index (Phi) is 5.06. The van der Waals surface area contributed by atoms with E-state index >= 15 is 0 Å². The van der Waals surface area contributed by atoms with Crippen LogP contribution in [-0.4, -0.2) is 48.6 Å². The minimum absolute atomic E-state index is 0.00533. The van der Waals surface area contributed by atoms with Crippen molar-refractivity contribution in [3.8, 4) is 0 Å². The number of amides is 2. The number of nitrogens with one attached hydrogen (secondary N) is 1. The van der Waals surface area contributed by atoms with Gasteiger partial charge in [-0.25, -0.2) is 14.5 Å². The molecule has 1 atom stereocenters. The SMILES string of the molecule is CC[C@H](NC(=O)N1CCC(n2cncn2)CC1)c1c(C)nn(C)c1C. The monoisotopic (exact) mass is 345 g/mol. The molecule has 8 heteroatoms. The minimum Gasteiger partial charge on any atom is -0.331 e. The molecule has 0 bridgehead atoms. The van der Waals surface area contributed by atoms with Crippen LogP contribution in [-0.2, 0) is 7.05 Å². The van der Waals surface area contributed by atoms with Gasteiger partial charge in [0.15, 0.2) is 0 Å². The highest BCUT2D eigenvalue weighted by Gasteiger charge is 2.27. The first-order valence-electron chi connectivity index (χ1n) is 8.90. The molecule has 1 fully saturated rings. The zero-order chi connectivity index (χ0) is 18.0. The van der Waals surface area contributed by atoms with Gasteiger partial charge in [0.25, 0.3) is 0 Å². The number of carbonyl (C=O) groups is 1. The molecule has 1 saturated heterocycles. The zero-order valence-electron chi connectivity index (χ0n) is 15.4. The molecule has 2 amide bonds. The molecule has 1 aliphatic rings. The van der Waals surface area contributed by atoms with Gasteiger partial charge >= 0.3 is 6.03 Å². The number of rotatable bonds is 4. The average molecular weight is 345 g/mol. The number of likely N-dealkylation sites (tertiary alicyclic amines) is 1. The van der Waals surface area contributed by atoms with E-state index in [0.29, 0.717) is 6.04 Å². The van der Waals surface area contributed by atoms with Gasteiger partial charge in [-0.2, -0.15) is 10.2 Å². The lowest BCUT2D eigenvalue weighted by Gasteiger charge is -2.33. The molecular weight excluding hydrogens is 318 g/mol. The summed E-state index contributed by atoms with van der Waals surface area (Å²) in [5.41, 5.74) is 3.22. The van der Waals surface area contributed by atoms with Crippen LogP contribution in [0.2, 0.25) is 0 Å². The Hall–Kier alpha value is -2.38. The summed E-state index contributed by atoms with van der Waals surface area (Å²) in [5.74, 6) is 0. The largest absolute Gasteiger partial charge is 0.331 e. The zero-order valence-corrected chi connectivity index (χ0v) is 15.4. The predicted octanol–water partition coefficient (Wildman–Crippen LogP) is 2.13. The summed E-state index contributed by atoms with van der Waals surface area (Å²) in [6, 6.07) is 0.331. The molecule has 0 spiro atoms. The van der Waals surface area contributed by atoms with E-state index in [1.165, 1.54) is 0 Å². The molecular formula is C17H27N7O. The summed E-state index contributed by atoms with van der Waals surface area (Å²) in [6.45, 7) is 7.61. The summed E-state index contributed by atoms with van der Waals surface area (Å²) >= 11 is 0. The van der Waals surface area contributed by atoms with Crippen molar-refractivity contribution in [2.24, 2.45) is 7.05 Å².